The molecule has 0 atom stereocenters. The molecule has 184 valence electrons. The Bertz CT molecular complexity index is 1350. The summed E-state index contributed by atoms with van der Waals surface area (Å²) in [5.74, 6) is 0.690. The van der Waals surface area contributed by atoms with Gasteiger partial charge in [0.15, 0.2) is 0 Å². The lowest BCUT2D eigenvalue weighted by molar-refractivity contribution is 0.0730. The lowest BCUT2D eigenvalue weighted by atomic mass is 10.1. The van der Waals surface area contributed by atoms with E-state index >= 15 is 0 Å². The number of carbonyl (C=O) groups excluding carboxylic acids is 1. The van der Waals surface area contributed by atoms with Crippen molar-refractivity contribution < 1.29 is 17.9 Å². The second-order valence-electron chi connectivity index (χ2n) is 8.97. The maximum absolute atomic E-state index is 13.3. The van der Waals surface area contributed by atoms with E-state index in [9.17, 15) is 13.2 Å². The molecule has 0 aliphatic carbocycles. The minimum Gasteiger partial charge on any atom is -0.379 e. The summed E-state index contributed by atoms with van der Waals surface area (Å²) in [5, 5.41) is 0.967. The number of rotatable bonds is 4. The monoisotopic (exact) mass is 495 g/mol. The highest BCUT2D eigenvalue weighted by atomic mass is 32.2. The minimum atomic E-state index is -3.57. The number of carbonyl (C=O) groups is 1. The molecule has 35 heavy (non-hydrogen) atoms. The number of piperazine rings is 1. The van der Waals surface area contributed by atoms with Gasteiger partial charge in [0.25, 0.3) is 5.91 Å². The van der Waals surface area contributed by atoms with Crippen molar-refractivity contribution >= 4 is 32.7 Å². The van der Waals surface area contributed by atoms with Crippen LogP contribution in [0.15, 0.2) is 47.5 Å². The van der Waals surface area contributed by atoms with Gasteiger partial charge in [-0.15, -0.1) is 0 Å². The fourth-order valence-corrected chi connectivity index (χ4v) is 5.92. The van der Waals surface area contributed by atoms with Gasteiger partial charge in [-0.05, 0) is 44.2 Å². The number of aryl methyl sites for hydroxylation is 2. The number of benzene rings is 1. The van der Waals surface area contributed by atoms with Crippen LogP contribution in [0.1, 0.15) is 21.6 Å². The summed E-state index contributed by atoms with van der Waals surface area (Å²) < 4.78 is 32.3. The van der Waals surface area contributed by atoms with Gasteiger partial charge >= 0.3 is 0 Å². The molecule has 3 aromatic rings. The zero-order chi connectivity index (χ0) is 24.6. The summed E-state index contributed by atoms with van der Waals surface area (Å²) in [7, 11) is -3.57. The first-order valence-corrected chi connectivity index (χ1v) is 13.2. The lowest BCUT2D eigenvalue weighted by Crippen LogP contribution is -2.49. The molecule has 2 fully saturated rings. The van der Waals surface area contributed by atoms with Crippen LogP contribution in [0.4, 0.5) is 5.82 Å². The molecule has 4 heterocycles. The van der Waals surface area contributed by atoms with Gasteiger partial charge in [-0.25, -0.2) is 13.4 Å². The highest BCUT2D eigenvalue weighted by Crippen LogP contribution is 2.22. The number of morpholine rings is 1. The van der Waals surface area contributed by atoms with E-state index in [-0.39, 0.29) is 10.8 Å². The minimum absolute atomic E-state index is 0.0158. The summed E-state index contributed by atoms with van der Waals surface area (Å²) in [6.07, 6.45) is 1.42. The van der Waals surface area contributed by atoms with Crippen molar-refractivity contribution in [3.05, 3.63) is 59.4 Å². The van der Waals surface area contributed by atoms with E-state index in [1.807, 2.05) is 43.0 Å². The Hall–Kier alpha value is -3.08. The van der Waals surface area contributed by atoms with E-state index in [0.717, 1.165) is 22.2 Å². The fourth-order valence-electron chi connectivity index (χ4n) is 4.57. The number of amides is 1. The fraction of sp³-hybridized carbons (Fsp3) is 0.400. The van der Waals surface area contributed by atoms with Crippen molar-refractivity contribution in [2.24, 2.45) is 0 Å². The SMILES string of the molecule is Cc1ccc2nc(C)c(C(=O)N3CCN(c4ccc(S(=O)(=O)N5CCOCC5)cn4)CC3)cc2c1. The van der Waals surface area contributed by atoms with Crippen molar-refractivity contribution in [1.82, 2.24) is 19.2 Å². The third kappa shape index (κ3) is 4.73. The summed E-state index contributed by atoms with van der Waals surface area (Å²) in [6, 6.07) is 11.3. The van der Waals surface area contributed by atoms with Crippen LogP contribution in [0, 0.1) is 13.8 Å². The smallest absolute Gasteiger partial charge is 0.255 e. The molecule has 0 unspecified atom stereocenters. The zero-order valence-electron chi connectivity index (χ0n) is 20.0. The van der Waals surface area contributed by atoms with Crippen LogP contribution in [0.3, 0.4) is 0 Å². The summed E-state index contributed by atoms with van der Waals surface area (Å²) in [4.78, 5) is 26.4. The number of ether oxygens (including phenoxy) is 1. The predicted molar refractivity (Wildman–Crippen MR) is 133 cm³/mol. The van der Waals surface area contributed by atoms with Crippen molar-refractivity contribution in [3.8, 4) is 0 Å². The average molecular weight is 496 g/mol. The third-order valence-electron chi connectivity index (χ3n) is 6.61. The Morgan fingerprint density at radius 1 is 0.943 bits per heavy atom. The maximum atomic E-state index is 13.3. The number of nitrogens with zero attached hydrogens (tertiary/aromatic N) is 5. The number of sulfonamides is 1. The number of aromatic nitrogens is 2. The molecule has 10 heteroatoms. The first-order chi connectivity index (χ1) is 16.8. The number of hydrogen-bond acceptors (Lipinski definition) is 7. The Balaban J connectivity index is 1.25. The van der Waals surface area contributed by atoms with E-state index in [1.54, 1.807) is 12.1 Å². The molecule has 0 saturated carbocycles. The molecule has 2 saturated heterocycles. The Kier molecular flexibility index (Phi) is 6.43. The molecule has 0 radical (unpaired) electrons. The standard InChI is InChI=1S/C25H29N5O4S/c1-18-3-5-23-20(15-18)16-22(19(2)27-23)25(31)29-9-7-28(8-10-29)24-6-4-21(17-26-24)35(32,33)30-11-13-34-14-12-30/h3-6,15-17H,7-14H2,1-2H3. The van der Waals surface area contributed by atoms with Crippen LogP contribution in [0.25, 0.3) is 10.9 Å². The second-order valence-corrected chi connectivity index (χ2v) is 10.9. The van der Waals surface area contributed by atoms with E-state index in [4.69, 9.17) is 4.74 Å². The molecular weight excluding hydrogens is 466 g/mol. The highest BCUT2D eigenvalue weighted by molar-refractivity contribution is 7.89. The number of pyridine rings is 2. The van der Waals surface area contributed by atoms with Gasteiger partial charge in [-0.3, -0.25) is 9.78 Å². The normalized spacial score (nSPS) is 17.7. The van der Waals surface area contributed by atoms with Gasteiger partial charge in [-0.1, -0.05) is 11.6 Å². The molecular formula is C25H29N5O4S. The number of hydrogen-bond donors (Lipinski definition) is 0. The van der Waals surface area contributed by atoms with Crippen LogP contribution < -0.4 is 4.90 Å². The summed E-state index contributed by atoms with van der Waals surface area (Å²) in [6.45, 7) is 7.76. The molecule has 1 amide bonds. The molecule has 9 nitrogen and oxygen atoms in total. The van der Waals surface area contributed by atoms with Gasteiger partial charge in [-0.2, -0.15) is 4.31 Å². The molecule has 0 N–H and O–H groups in total. The molecule has 0 spiro atoms. The van der Waals surface area contributed by atoms with Gasteiger partial charge in [0.2, 0.25) is 10.0 Å². The average Bonchev–Trinajstić information content (AvgIpc) is 2.89. The zero-order valence-corrected chi connectivity index (χ0v) is 20.8. The molecule has 2 aromatic heterocycles. The molecule has 5 rings (SSSR count). The van der Waals surface area contributed by atoms with Gasteiger partial charge in [0.05, 0.1) is 30.0 Å². The first-order valence-electron chi connectivity index (χ1n) is 11.8. The van der Waals surface area contributed by atoms with Crippen LogP contribution in [-0.4, -0.2) is 86.0 Å². The lowest BCUT2D eigenvalue weighted by Gasteiger charge is -2.35. The molecule has 2 aliphatic rings. The maximum Gasteiger partial charge on any atom is 0.255 e. The molecule has 1 aromatic carbocycles. The predicted octanol–water partition coefficient (Wildman–Crippen LogP) is 2.23. The van der Waals surface area contributed by atoms with Crippen LogP contribution in [0.2, 0.25) is 0 Å². The van der Waals surface area contributed by atoms with Crippen LogP contribution >= 0.6 is 0 Å². The third-order valence-corrected chi connectivity index (χ3v) is 8.49. The number of anilines is 1. The summed E-state index contributed by atoms with van der Waals surface area (Å²) in [5.41, 5.74) is 3.38. The molecule has 0 bridgehead atoms. The van der Waals surface area contributed by atoms with Crippen molar-refractivity contribution in [2.75, 3.05) is 57.4 Å². The van der Waals surface area contributed by atoms with Crippen LogP contribution in [-0.2, 0) is 14.8 Å². The largest absolute Gasteiger partial charge is 0.379 e. The highest BCUT2D eigenvalue weighted by Gasteiger charge is 2.28. The van der Waals surface area contributed by atoms with Crippen molar-refractivity contribution in [2.45, 2.75) is 18.7 Å². The Morgan fingerprint density at radius 2 is 1.69 bits per heavy atom. The Morgan fingerprint density at radius 3 is 2.37 bits per heavy atom. The van der Waals surface area contributed by atoms with Crippen LogP contribution in [0.5, 0.6) is 0 Å². The quantitative estimate of drug-likeness (QED) is 0.548. The number of fused-ring (bicyclic) bond motifs is 1. The second kappa shape index (κ2) is 9.52. The molecule has 2 aliphatic heterocycles. The van der Waals surface area contributed by atoms with Gasteiger partial charge in [0.1, 0.15) is 10.7 Å². The van der Waals surface area contributed by atoms with E-state index in [1.165, 1.54) is 10.5 Å². The van der Waals surface area contributed by atoms with E-state index in [2.05, 4.69) is 14.9 Å². The topological polar surface area (TPSA) is 95.9 Å². The van der Waals surface area contributed by atoms with Gasteiger partial charge in [0, 0.05) is 50.9 Å². The first kappa shape index (κ1) is 23.7. The van der Waals surface area contributed by atoms with E-state index in [0.29, 0.717) is 63.9 Å². The van der Waals surface area contributed by atoms with Crippen molar-refractivity contribution in [1.29, 1.82) is 0 Å². The van der Waals surface area contributed by atoms with E-state index < -0.39 is 10.0 Å². The summed E-state index contributed by atoms with van der Waals surface area (Å²) >= 11 is 0. The Labute approximate surface area is 205 Å². The van der Waals surface area contributed by atoms with Gasteiger partial charge < -0.3 is 14.5 Å². The van der Waals surface area contributed by atoms with Crippen molar-refractivity contribution in [3.63, 3.8) is 0 Å².